The second-order valence-corrected chi connectivity index (χ2v) is 18.2. The van der Waals surface area contributed by atoms with Crippen molar-refractivity contribution in [2.24, 2.45) is 0 Å². The molecule has 0 aromatic heterocycles. The molecule has 374 valence electrons. The van der Waals surface area contributed by atoms with E-state index >= 15 is 0 Å². The van der Waals surface area contributed by atoms with E-state index in [0.29, 0.717) is 19.3 Å². The average Bonchev–Trinajstić information content (AvgIpc) is 3.29. The van der Waals surface area contributed by atoms with Crippen molar-refractivity contribution in [1.82, 2.24) is 5.32 Å². The number of ether oxygens (including phenoxy) is 2. The van der Waals surface area contributed by atoms with Crippen LogP contribution in [0.25, 0.3) is 0 Å². The Morgan fingerprint density at radius 3 is 1.39 bits per heavy atom. The molecule has 11 nitrogen and oxygen atoms in total. The van der Waals surface area contributed by atoms with Crippen LogP contribution >= 0.6 is 0 Å². The third-order valence-electron chi connectivity index (χ3n) is 12.3. The van der Waals surface area contributed by atoms with Gasteiger partial charge in [-0.1, -0.05) is 172 Å². The first-order chi connectivity index (χ1) is 31.2. The van der Waals surface area contributed by atoms with Gasteiger partial charge in [0.05, 0.1) is 25.4 Å². The van der Waals surface area contributed by atoms with Crippen molar-refractivity contribution in [3.8, 4) is 0 Å². The summed E-state index contributed by atoms with van der Waals surface area (Å²) in [6.45, 7) is 3.41. The summed E-state index contributed by atoms with van der Waals surface area (Å²) in [6, 6.07) is -1.20. The number of rotatable bonds is 43. The third-order valence-corrected chi connectivity index (χ3v) is 12.3. The minimum absolute atomic E-state index is 0.234. The zero-order valence-corrected chi connectivity index (χ0v) is 40.5. The van der Waals surface area contributed by atoms with Gasteiger partial charge in [-0.2, -0.15) is 0 Å². The highest BCUT2D eigenvalue weighted by Crippen LogP contribution is 2.23. The van der Waals surface area contributed by atoms with Crippen LogP contribution in [0.2, 0.25) is 0 Å². The van der Waals surface area contributed by atoms with E-state index in [-0.39, 0.29) is 12.8 Å². The highest BCUT2D eigenvalue weighted by Gasteiger charge is 2.44. The zero-order valence-electron chi connectivity index (χ0n) is 40.5. The van der Waals surface area contributed by atoms with E-state index in [2.05, 4.69) is 67.8 Å². The van der Waals surface area contributed by atoms with Gasteiger partial charge >= 0.3 is 0 Å². The Morgan fingerprint density at radius 2 is 0.938 bits per heavy atom. The molecule has 0 spiro atoms. The Hall–Kier alpha value is -1.93. The molecule has 1 aliphatic heterocycles. The Kier molecular flexibility index (Phi) is 39.8. The maximum Gasteiger partial charge on any atom is 0.249 e. The normalized spacial score (nSPS) is 21.4. The van der Waals surface area contributed by atoms with E-state index in [9.17, 15) is 40.5 Å². The molecule has 1 aliphatic rings. The fourth-order valence-corrected chi connectivity index (χ4v) is 8.00. The monoisotopic (exact) mass is 908 g/mol. The van der Waals surface area contributed by atoms with Crippen molar-refractivity contribution in [2.45, 2.75) is 268 Å². The Morgan fingerprint density at radius 1 is 0.531 bits per heavy atom. The minimum atomic E-state index is -1.68. The maximum absolute atomic E-state index is 13.1. The first kappa shape index (κ1) is 60.1. The van der Waals surface area contributed by atoms with Gasteiger partial charge in [0.1, 0.15) is 36.6 Å². The summed E-state index contributed by atoms with van der Waals surface area (Å²) in [5.74, 6) is -0.722. The van der Waals surface area contributed by atoms with Crippen molar-refractivity contribution < 1.29 is 50.0 Å². The average molecular weight is 908 g/mol. The van der Waals surface area contributed by atoms with Crippen LogP contribution in [0.1, 0.15) is 213 Å². The summed E-state index contributed by atoms with van der Waals surface area (Å²) in [5.41, 5.74) is 0. The molecule has 0 saturated carbocycles. The SMILES string of the molecule is CCCCCCCCC/C=C/CC/C=C/CC/C=C/CCCC(O)C(O)C(COC1OC(CO)C(O)C(O)C1O)NC(=O)C(O)CCCCCC/C=C\CCCCCCCCCCC. The number of unbranched alkanes of at least 4 members (excludes halogenated alkanes) is 23. The fraction of sp³-hybridized carbons (Fsp3) is 0.830. The number of carbonyl (C=O) groups is 1. The van der Waals surface area contributed by atoms with E-state index in [1.165, 1.54) is 109 Å². The van der Waals surface area contributed by atoms with Gasteiger partial charge in [-0.3, -0.25) is 4.79 Å². The predicted octanol–water partition coefficient (Wildman–Crippen LogP) is 9.73. The van der Waals surface area contributed by atoms with Crippen molar-refractivity contribution >= 4 is 5.91 Å². The lowest BCUT2D eigenvalue weighted by Gasteiger charge is -2.40. The molecule has 9 unspecified atom stereocenters. The molecular formula is C53H97NO10. The molecule has 1 saturated heterocycles. The van der Waals surface area contributed by atoms with Gasteiger partial charge in [0.2, 0.25) is 5.91 Å². The van der Waals surface area contributed by atoms with Crippen LogP contribution in [0.5, 0.6) is 0 Å². The minimum Gasteiger partial charge on any atom is -0.394 e. The van der Waals surface area contributed by atoms with Crippen LogP contribution in [0.15, 0.2) is 48.6 Å². The molecule has 9 atom stereocenters. The summed E-state index contributed by atoms with van der Waals surface area (Å²) in [7, 11) is 0. The molecule has 1 rings (SSSR count). The quantitative estimate of drug-likeness (QED) is 0.0216. The number of hydrogen-bond donors (Lipinski definition) is 8. The van der Waals surface area contributed by atoms with Gasteiger partial charge in [-0.15, -0.1) is 0 Å². The van der Waals surface area contributed by atoms with Gasteiger partial charge in [0.15, 0.2) is 6.29 Å². The molecule has 64 heavy (non-hydrogen) atoms. The number of allylic oxidation sites excluding steroid dienone is 8. The molecule has 8 N–H and O–H groups in total. The second kappa shape index (κ2) is 42.4. The van der Waals surface area contributed by atoms with Gasteiger partial charge in [0, 0.05) is 0 Å². The van der Waals surface area contributed by atoms with Crippen LogP contribution in [-0.2, 0) is 14.3 Å². The number of carbonyl (C=O) groups excluding carboxylic acids is 1. The Labute approximate surface area is 389 Å². The predicted molar refractivity (Wildman–Crippen MR) is 261 cm³/mol. The van der Waals surface area contributed by atoms with E-state index in [1.54, 1.807) is 0 Å². The highest BCUT2D eigenvalue weighted by molar-refractivity contribution is 5.80. The fourth-order valence-electron chi connectivity index (χ4n) is 8.00. The Balaban J connectivity index is 2.45. The standard InChI is InChI=1S/C53H97NO10/c1-3-5-7-9-11-13-15-17-19-21-22-23-25-26-28-30-32-34-36-38-40-45(56)48(58)44(43-63-53-51(61)50(60)49(59)47(42-55)64-53)54-52(62)46(57)41-39-37-35-33-31-29-27-24-20-18-16-14-12-10-8-6-4-2/h19,21,25-27,29,32,34,44-51,53,55-61H,3-18,20,22-24,28,30-31,33,35-43H2,1-2H3,(H,54,62)/b21-19+,26-25+,29-27-,34-32+. The van der Waals surface area contributed by atoms with E-state index in [0.717, 1.165) is 57.8 Å². The molecular weight excluding hydrogens is 811 g/mol. The maximum atomic E-state index is 13.1. The molecule has 1 heterocycles. The number of amides is 1. The van der Waals surface area contributed by atoms with Crippen LogP contribution in [0.3, 0.4) is 0 Å². The molecule has 0 aromatic carbocycles. The van der Waals surface area contributed by atoms with Gasteiger partial charge in [0.25, 0.3) is 0 Å². The van der Waals surface area contributed by atoms with Crippen molar-refractivity contribution in [1.29, 1.82) is 0 Å². The first-order valence-electron chi connectivity index (χ1n) is 26.0. The van der Waals surface area contributed by atoms with E-state index in [4.69, 9.17) is 9.47 Å². The van der Waals surface area contributed by atoms with Crippen molar-refractivity contribution in [3.63, 3.8) is 0 Å². The lowest BCUT2D eigenvalue weighted by atomic mass is 9.98. The second-order valence-electron chi connectivity index (χ2n) is 18.2. The molecule has 11 heteroatoms. The molecule has 1 fully saturated rings. The lowest BCUT2D eigenvalue weighted by Crippen LogP contribution is -2.60. The van der Waals surface area contributed by atoms with Crippen LogP contribution in [-0.4, -0.2) is 110 Å². The lowest BCUT2D eigenvalue weighted by molar-refractivity contribution is -0.303. The number of aliphatic hydroxyl groups excluding tert-OH is 7. The smallest absolute Gasteiger partial charge is 0.249 e. The molecule has 0 bridgehead atoms. The summed E-state index contributed by atoms with van der Waals surface area (Å²) in [6.07, 6.45) is 40.1. The number of nitrogens with one attached hydrogen (secondary N) is 1. The Bertz CT molecular complexity index is 1180. The van der Waals surface area contributed by atoms with Gasteiger partial charge in [-0.05, 0) is 89.9 Å². The van der Waals surface area contributed by atoms with Gasteiger partial charge < -0.3 is 50.5 Å². The molecule has 1 amide bonds. The summed E-state index contributed by atoms with van der Waals surface area (Å²) in [5, 5.41) is 75.8. The van der Waals surface area contributed by atoms with E-state index < -0.39 is 74.2 Å². The number of aliphatic hydroxyl groups is 7. The first-order valence-corrected chi connectivity index (χ1v) is 26.0. The van der Waals surface area contributed by atoms with Crippen LogP contribution < -0.4 is 5.32 Å². The topological polar surface area (TPSA) is 189 Å². The summed E-state index contributed by atoms with van der Waals surface area (Å²) >= 11 is 0. The van der Waals surface area contributed by atoms with Crippen LogP contribution in [0.4, 0.5) is 0 Å². The largest absolute Gasteiger partial charge is 0.394 e. The van der Waals surface area contributed by atoms with Crippen LogP contribution in [0, 0.1) is 0 Å². The molecule has 0 radical (unpaired) electrons. The summed E-state index contributed by atoms with van der Waals surface area (Å²) in [4.78, 5) is 13.1. The van der Waals surface area contributed by atoms with Gasteiger partial charge in [-0.25, -0.2) is 0 Å². The molecule has 0 aromatic rings. The number of hydrogen-bond acceptors (Lipinski definition) is 10. The van der Waals surface area contributed by atoms with Crippen molar-refractivity contribution in [3.05, 3.63) is 48.6 Å². The van der Waals surface area contributed by atoms with E-state index in [1.807, 2.05) is 0 Å². The molecule has 0 aliphatic carbocycles. The zero-order chi connectivity index (χ0) is 46.9. The summed E-state index contributed by atoms with van der Waals surface area (Å²) < 4.78 is 11.1. The van der Waals surface area contributed by atoms with Crippen molar-refractivity contribution in [2.75, 3.05) is 13.2 Å². The highest BCUT2D eigenvalue weighted by atomic mass is 16.7. The third kappa shape index (κ3) is 31.1.